The van der Waals surface area contributed by atoms with Crippen molar-refractivity contribution < 1.29 is 23.6 Å². The Morgan fingerprint density at radius 3 is 2.55 bits per heavy atom. The molecule has 42 heavy (non-hydrogen) atoms. The van der Waals surface area contributed by atoms with Gasteiger partial charge in [0.25, 0.3) is 5.56 Å². The topological polar surface area (TPSA) is 113 Å². The van der Waals surface area contributed by atoms with Crippen LogP contribution in [0.5, 0.6) is 5.75 Å². The number of fused-ring (bicyclic) bond motifs is 1. The number of thiazole rings is 1. The zero-order chi connectivity index (χ0) is 30.0. The lowest BCUT2D eigenvalue weighted by Crippen LogP contribution is -2.40. The summed E-state index contributed by atoms with van der Waals surface area (Å²) in [5, 5.41) is 12.0. The molecule has 0 radical (unpaired) electrons. The van der Waals surface area contributed by atoms with Gasteiger partial charge in [-0.3, -0.25) is 19.5 Å². The monoisotopic (exact) mass is 651 g/mol. The first-order valence-corrected chi connectivity index (χ1v) is 14.4. The minimum atomic E-state index is -0.754. The van der Waals surface area contributed by atoms with E-state index in [0.29, 0.717) is 38.1 Å². The van der Waals surface area contributed by atoms with Gasteiger partial charge in [-0.2, -0.15) is 0 Å². The van der Waals surface area contributed by atoms with Crippen LogP contribution in [0.15, 0.2) is 92.3 Å². The summed E-state index contributed by atoms with van der Waals surface area (Å²) in [5.41, 5.74) is 1.82. The van der Waals surface area contributed by atoms with Gasteiger partial charge in [0, 0.05) is 6.07 Å². The SMILES string of the molecule is CCC1=C(C(=O)OC)[C@H](c2ccccc2)n2c(s/c(=C/c3cc(Br)c(OCc4ccc(F)cc4)c([N+](=O)[O-])c3)c2=O)=N1. The van der Waals surface area contributed by atoms with Crippen LogP contribution in [-0.4, -0.2) is 22.6 Å². The number of aromatic nitrogens is 1. The average Bonchev–Trinajstić information content (AvgIpc) is 3.30. The highest BCUT2D eigenvalue weighted by Crippen LogP contribution is 2.37. The number of nitro benzene ring substituents is 1. The van der Waals surface area contributed by atoms with Gasteiger partial charge in [-0.05, 0) is 63.3 Å². The minimum absolute atomic E-state index is 0.00215. The van der Waals surface area contributed by atoms with Crippen molar-refractivity contribution >= 4 is 45.0 Å². The van der Waals surface area contributed by atoms with Crippen molar-refractivity contribution in [1.29, 1.82) is 0 Å². The van der Waals surface area contributed by atoms with Gasteiger partial charge in [0.15, 0.2) is 4.80 Å². The zero-order valence-electron chi connectivity index (χ0n) is 22.4. The highest BCUT2D eigenvalue weighted by molar-refractivity contribution is 9.10. The first-order valence-electron chi connectivity index (χ1n) is 12.7. The number of methoxy groups -OCH3 is 1. The lowest BCUT2D eigenvalue weighted by molar-refractivity contribution is -0.386. The third kappa shape index (κ3) is 5.68. The molecule has 214 valence electrons. The molecule has 0 spiro atoms. The molecule has 4 aromatic rings. The second-order valence-corrected chi connectivity index (χ2v) is 11.1. The predicted molar refractivity (Wildman–Crippen MR) is 158 cm³/mol. The van der Waals surface area contributed by atoms with Crippen molar-refractivity contribution in [3.8, 4) is 5.75 Å². The van der Waals surface area contributed by atoms with Gasteiger partial charge >= 0.3 is 11.7 Å². The molecule has 1 aliphatic heterocycles. The maximum absolute atomic E-state index is 13.8. The Labute approximate surface area is 251 Å². The molecule has 1 aliphatic rings. The molecule has 12 heteroatoms. The second kappa shape index (κ2) is 12.2. The third-order valence-corrected chi connectivity index (χ3v) is 8.17. The number of nitrogens with zero attached hydrogens (tertiary/aromatic N) is 3. The Morgan fingerprint density at radius 2 is 1.90 bits per heavy atom. The Bertz CT molecular complexity index is 1900. The summed E-state index contributed by atoms with van der Waals surface area (Å²) in [7, 11) is 1.29. The molecule has 0 aliphatic carbocycles. The van der Waals surface area contributed by atoms with Crippen molar-refractivity contribution in [2.24, 2.45) is 4.99 Å². The van der Waals surface area contributed by atoms with E-state index in [1.807, 2.05) is 37.3 Å². The number of allylic oxidation sites excluding steroid dienone is 1. The lowest BCUT2D eigenvalue weighted by Gasteiger charge is -2.25. The van der Waals surface area contributed by atoms with E-state index in [1.165, 1.54) is 42.0 Å². The Balaban J connectivity index is 1.61. The third-order valence-electron chi connectivity index (χ3n) is 6.60. The van der Waals surface area contributed by atoms with Crippen LogP contribution < -0.4 is 19.6 Å². The van der Waals surface area contributed by atoms with Crippen LogP contribution in [0.1, 0.15) is 36.1 Å². The maximum atomic E-state index is 13.8. The number of hydrogen-bond acceptors (Lipinski definition) is 8. The smallest absolute Gasteiger partial charge is 0.338 e. The summed E-state index contributed by atoms with van der Waals surface area (Å²) in [6.45, 7) is 1.86. The van der Waals surface area contributed by atoms with Gasteiger partial charge in [0.2, 0.25) is 5.75 Å². The Hall–Kier alpha value is -4.42. The standard InChI is InChI=1S/C30H23BrFN3O6S/c1-3-22-25(29(37)40-2)26(19-7-5-4-6-8-19)34-28(36)24(42-30(34)33-22)15-18-13-21(31)27(23(14-18)35(38)39)41-16-17-9-11-20(32)12-10-17/h4-15,26H,3,16H2,1-2H3/b24-15+/t26-/m0/s1. The first kappa shape index (κ1) is 29.1. The predicted octanol–water partition coefficient (Wildman–Crippen LogP) is 5.19. The van der Waals surface area contributed by atoms with Crippen LogP contribution in [-0.2, 0) is 16.1 Å². The molecule has 9 nitrogen and oxygen atoms in total. The highest BCUT2D eigenvalue weighted by Gasteiger charge is 2.33. The molecule has 0 bridgehead atoms. The molecule has 0 saturated carbocycles. The van der Waals surface area contributed by atoms with E-state index in [4.69, 9.17) is 9.47 Å². The molecule has 0 fully saturated rings. The van der Waals surface area contributed by atoms with E-state index in [1.54, 1.807) is 12.1 Å². The number of rotatable bonds is 8. The molecule has 0 N–H and O–H groups in total. The largest absolute Gasteiger partial charge is 0.481 e. The number of ether oxygens (including phenoxy) is 2. The average molecular weight is 652 g/mol. The fraction of sp³-hybridized carbons (Fsp3) is 0.167. The molecule has 3 aromatic carbocycles. The number of halogens is 2. The molecule has 0 amide bonds. The molecule has 0 unspecified atom stereocenters. The first-order chi connectivity index (χ1) is 20.2. The second-order valence-electron chi connectivity index (χ2n) is 9.22. The van der Waals surface area contributed by atoms with Gasteiger partial charge in [0.05, 0.1) is 38.4 Å². The van der Waals surface area contributed by atoms with Gasteiger partial charge in [-0.15, -0.1) is 0 Å². The summed E-state index contributed by atoms with van der Waals surface area (Å²) in [4.78, 5) is 43.2. The number of benzene rings is 3. The maximum Gasteiger partial charge on any atom is 0.338 e. The number of carbonyl (C=O) groups is 1. The van der Waals surface area contributed by atoms with Crippen molar-refractivity contribution in [2.45, 2.75) is 26.0 Å². The van der Waals surface area contributed by atoms with Gasteiger partial charge < -0.3 is 9.47 Å². The normalized spacial score (nSPS) is 14.8. The van der Waals surface area contributed by atoms with E-state index in [2.05, 4.69) is 20.9 Å². The molecule has 0 saturated heterocycles. The minimum Gasteiger partial charge on any atom is -0.481 e. The molecular weight excluding hydrogens is 629 g/mol. The van der Waals surface area contributed by atoms with Crippen molar-refractivity contribution in [2.75, 3.05) is 7.11 Å². The summed E-state index contributed by atoms with van der Waals surface area (Å²) < 4.78 is 26.1. The van der Waals surface area contributed by atoms with Crippen LogP contribution in [0.3, 0.4) is 0 Å². The van der Waals surface area contributed by atoms with Crippen LogP contribution in [0.25, 0.3) is 6.08 Å². The quantitative estimate of drug-likeness (QED) is 0.147. The van der Waals surface area contributed by atoms with Crippen LogP contribution in [0, 0.1) is 15.9 Å². The van der Waals surface area contributed by atoms with Gasteiger partial charge in [-0.1, -0.05) is 60.7 Å². The molecule has 2 heterocycles. The number of carbonyl (C=O) groups excluding carboxylic acids is 1. The van der Waals surface area contributed by atoms with E-state index < -0.39 is 28.3 Å². The van der Waals surface area contributed by atoms with Gasteiger partial charge in [-0.25, -0.2) is 14.2 Å². The van der Waals surface area contributed by atoms with Crippen molar-refractivity contribution in [1.82, 2.24) is 4.57 Å². The summed E-state index contributed by atoms with van der Waals surface area (Å²) >= 11 is 4.49. The highest BCUT2D eigenvalue weighted by atomic mass is 79.9. The van der Waals surface area contributed by atoms with E-state index in [9.17, 15) is 24.1 Å². The molecule has 1 aromatic heterocycles. The number of nitro groups is 1. The summed E-state index contributed by atoms with van der Waals surface area (Å²) in [5.74, 6) is -0.972. The van der Waals surface area contributed by atoms with Crippen LogP contribution >= 0.6 is 27.3 Å². The number of hydrogen-bond donors (Lipinski definition) is 0. The molecule has 1 atom stereocenters. The lowest BCUT2D eigenvalue weighted by atomic mass is 9.95. The van der Waals surface area contributed by atoms with Crippen LogP contribution in [0.2, 0.25) is 0 Å². The molecular formula is C30H23BrFN3O6S. The van der Waals surface area contributed by atoms with E-state index in [-0.39, 0.29) is 28.1 Å². The number of esters is 1. The summed E-state index contributed by atoms with van der Waals surface area (Å²) in [6.07, 6.45) is 1.98. The van der Waals surface area contributed by atoms with Crippen molar-refractivity contribution in [3.05, 3.63) is 135 Å². The summed E-state index contributed by atoms with van der Waals surface area (Å²) in [6, 6.07) is 16.9. The van der Waals surface area contributed by atoms with Crippen LogP contribution in [0.4, 0.5) is 10.1 Å². The molecule has 5 rings (SSSR count). The van der Waals surface area contributed by atoms with E-state index >= 15 is 0 Å². The Morgan fingerprint density at radius 1 is 1.19 bits per heavy atom. The van der Waals surface area contributed by atoms with E-state index in [0.717, 1.165) is 11.3 Å². The fourth-order valence-electron chi connectivity index (χ4n) is 4.66. The zero-order valence-corrected chi connectivity index (χ0v) is 24.8. The Kier molecular flexibility index (Phi) is 8.46. The fourth-order valence-corrected chi connectivity index (χ4v) is 6.27. The van der Waals surface area contributed by atoms with Crippen molar-refractivity contribution in [3.63, 3.8) is 0 Å². The van der Waals surface area contributed by atoms with Gasteiger partial charge in [0.1, 0.15) is 12.4 Å².